The molecule has 1 heterocycles. The van der Waals surface area contributed by atoms with Crippen LogP contribution in [-0.4, -0.2) is 28.0 Å². The Hall–Kier alpha value is -2.28. The molecule has 0 saturated heterocycles. The van der Waals surface area contributed by atoms with E-state index in [1.807, 2.05) is 0 Å². The Morgan fingerprint density at radius 3 is 2.28 bits per heavy atom. The van der Waals surface area contributed by atoms with Crippen LogP contribution in [-0.2, 0) is 0 Å². The van der Waals surface area contributed by atoms with Gasteiger partial charge in [-0.3, -0.25) is 4.79 Å². The fourth-order valence-electron chi connectivity index (χ4n) is 2.84. The van der Waals surface area contributed by atoms with Crippen molar-refractivity contribution in [3.63, 3.8) is 0 Å². The van der Waals surface area contributed by atoms with Crippen molar-refractivity contribution in [1.82, 2.24) is 15.3 Å². The number of nitrogens with one attached hydrogen (secondary N) is 2. The van der Waals surface area contributed by atoms with Gasteiger partial charge in [-0.1, -0.05) is 0 Å². The number of benzene rings is 1. The summed E-state index contributed by atoms with van der Waals surface area (Å²) in [7, 11) is 0. The lowest BCUT2D eigenvalue weighted by Gasteiger charge is -2.29. The Morgan fingerprint density at radius 1 is 1.00 bits per heavy atom. The zero-order valence-electron chi connectivity index (χ0n) is 13.4. The van der Waals surface area contributed by atoms with Gasteiger partial charge in [-0.15, -0.1) is 12.4 Å². The second-order valence-electron chi connectivity index (χ2n) is 5.87. The minimum absolute atomic E-state index is 0. The Balaban J connectivity index is 0.00000225. The van der Waals surface area contributed by atoms with Crippen LogP contribution in [0.15, 0.2) is 36.7 Å². The first-order valence-corrected chi connectivity index (χ1v) is 7.91. The predicted octanol–water partition coefficient (Wildman–Crippen LogP) is 3.33. The number of hydrogen-bond donors (Lipinski definition) is 2. The number of carbonyl (C=O) groups excluding carboxylic acids is 1. The van der Waals surface area contributed by atoms with Gasteiger partial charge in [0.25, 0.3) is 5.91 Å². The van der Waals surface area contributed by atoms with Gasteiger partial charge in [-0.2, -0.15) is 0 Å². The number of amides is 1. The molecule has 1 saturated carbocycles. The molecule has 0 spiro atoms. The Labute approximate surface area is 150 Å². The van der Waals surface area contributed by atoms with E-state index in [0.717, 1.165) is 37.8 Å². The number of nitrogens with zero attached hydrogens (tertiary/aromatic N) is 2. The molecule has 1 aromatic heterocycles. The highest BCUT2D eigenvalue weighted by Gasteiger charge is 2.23. The summed E-state index contributed by atoms with van der Waals surface area (Å²) < 4.78 is 26.1. The molecule has 2 aromatic rings. The lowest BCUT2D eigenvalue weighted by Crippen LogP contribution is -2.40. The van der Waals surface area contributed by atoms with Crippen LogP contribution in [0, 0.1) is 11.6 Å². The molecule has 1 fully saturated rings. The molecule has 1 aliphatic rings. The summed E-state index contributed by atoms with van der Waals surface area (Å²) in [6.07, 6.45) is 6.73. The molecular formula is C17H19ClF2N4O. The molecule has 0 radical (unpaired) electrons. The van der Waals surface area contributed by atoms with E-state index in [0.29, 0.717) is 5.95 Å². The van der Waals surface area contributed by atoms with Crippen LogP contribution in [0.5, 0.6) is 0 Å². The molecule has 134 valence electrons. The van der Waals surface area contributed by atoms with Crippen LogP contribution in [0.2, 0.25) is 0 Å². The standard InChI is InChI=1S/C17H18F2N4O.ClH/c18-14-7-2-11(10-15(14)19)16(24)22-12-3-5-13(6-4-12)23-17-20-8-1-9-21-17;/h1-2,7-10,12-13H,3-6H2,(H,22,24)(H,20,21,23);1H. The molecule has 0 unspecified atom stereocenters. The first kappa shape index (κ1) is 19.1. The number of hydrogen-bond acceptors (Lipinski definition) is 4. The molecule has 5 nitrogen and oxygen atoms in total. The lowest BCUT2D eigenvalue weighted by atomic mass is 9.91. The SMILES string of the molecule is Cl.O=C(NC1CCC(Nc2ncccn2)CC1)c1ccc(F)c(F)c1. The van der Waals surface area contributed by atoms with Crippen molar-refractivity contribution in [1.29, 1.82) is 0 Å². The number of halogens is 3. The van der Waals surface area contributed by atoms with Gasteiger partial charge in [0, 0.05) is 30.0 Å². The number of rotatable bonds is 4. The summed E-state index contributed by atoms with van der Waals surface area (Å²) >= 11 is 0. The Bertz CT molecular complexity index is 709. The average molecular weight is 369 g/mol. The highest BCUT2D eigenvalue weighted by molar-refractivity contribution is 5.94. The maximum absolute atomic E-state index is 13.2. The fraction of sp³-hybridized carbons (Fsp3) is 0.353. The molecule has 1 aromatic carbocycles. The smallest absolute Gasteiger partial charge is 0.251 e. The topological polar surface area (TPSA) is 66.9 Å². The first-order chi connectivity index (χ1) is 11.6. The summed E-state index contributed by atoms with van der Waals surface area (Å²) in [6, 6.07) is 5.23. The summed E-state index contributed by atoms with van der Waals surface area (Å²) in [5.41, 5.74) is 0.131. The predicted molar refractivity (Wildman–Crippen MR) is 92.8 cm³/mol. The monoisotopic (exact) mass is 368 g/mol. The van der Waals surface area contributed by atoms with Gasteiger partial charge in [-0.25, -0.2) is 18.7 Å². The van der Waals surface area contributed by atoms with E-state index < -0.39 is 11.6 Å². The molecule has 1 amide bonds. The summed E-state index contributed by atoms with van der Waals surface area (Å²) in [5.74, 6) is -1.75. The highest BCUT2D eigenvalue weighted by atomic mass is 35.5. The maximum Gasteiger partial charge on any atom is 0.251 e. The maximum atomic E-state index is 13.2. The molecule has 2 N–H and O–H groups in total. The van der Waals surface area contributed by atoms with Crippen molar-refractivity contribution in [2.45, 2.75) is 37.8 Å². The van der Waals surface area contributed by atoms with E-state index >= 15 is 0 Å². The van der Waals surface area contributed by atoms with Crippen molar-refractivity contribution < 1.29 is 13.6 Å². The van der Waals surface area contributed by atoms with Gasteiger partial charge < -0.3 is 10.6 Å². The third-order valence-corrected chi connectivity index (χ3v) is 4.14. The third-order valence-electron chi connectivity index (χ3n) is 4.14. The van der Waals surface area contributed by atoms with Crippen molar-refractivity contribution in [3.8, 4) is 0 Å². The van der Waals surface area contributed by atoms with E-state index in [-0.39, 0.29) is 36.0 Å². The quantitative estimate of drug-likeness (QED) is 0.868. The highest BCUT2D eigenvalue weighted by Crippen LogP contribution is 2.21. The third kappa shape index (κ3) is 5.09. The fourth-order valence-corrected chi connectivity index (χ4v) is 2.84. The van der Waals surface area contributed by atoms with Gasteiger partial charge >= 0.3 is 0 Å². The van der Waals surface area contributed by atoms with Gasteiger partial charge in [0.15, 0.2) is 11.6 Å². The first-order valence-electron chi connectivity index (χ1n) is 7.91. The van der Waals surface area contributed by atoms with Crippen LogP contribution in [0.4, 0.5) is 14.7 Å². The zero-order valence-corrected chi connectivity index (χ0v) is 14.2. The van der Waals surface area contributed by atoms with Gasteiger partial charge in [0.2, 0.25) is 5.95 Å². The second kappa shape index (κ2) is 8.71. The van der Waals surface area contributed by atoms with Crippen LogP contribution in [0.25, 0.3) is 0 Å². The van der Waals surface area contributed by atoms with E-state index in [1.165, 1.54) is 6.07 Å². The lowest BCUT2D eigenvalue weighted by molar-refractivity contribution is 0.0926. The van der Waals surface area contributed by atoms with Crippen molar-refractivity contribution in [2.75, 3.05) is 5.32 Å². The van der Waals surface area contributed by atoms with Crippen LogP contribution in [0.3, 0.4) is 0 Å². The minimum atomic E-state index is -1.02. The second-order valence-corrected chi connectivity index (χ2v) is 5.87. The van der Waals surface area contributed by atoms with Crippen LogP contribution in [0.1, 0.15) is 36.0 Å². The largest absolute Gasteiger partial charge is 0.351 e. The molecule has 0 aliphatic heterocycles. The number of anilines is 1. The van der Waals surface area contributed by atoms with Crippen molar-refractivity contribution in [3.05, 3.63) is 53.9 Å². The van der Waals surface area contributed by atoms with Crippen LogP contribution < -0.4 is 10.6 Å². The van der Waals surface area contributed by atoms with E-state index in [9.17, 15) is 13.6 Å². The summed E-state index contributed by atoms with van der Waals surface area (Å²) in [5, 5.41) is 6.15. The Morgan fingerprint density at radius 2 is 1.64 bits per heavy atom. The Kier molecular flexibility index (Phi) is 6.64. The average Bonchev–Trinajstić information content (AvgIpc) is 2.60. The van der Waals surface area contributed by atoms with Crippen molar-refractivity contribution in [2.24, 2.45) is 0 Å². The zero-order chi connectivity index (χ0) is 16.9. The molecule has 8 heteroatoms. The molecule has 0 bridgehead atoms. The van der Waals surface area contributed by atoms with E-state index in [1.54, 1.807) is 18.5 Å². The van der Waals surface area contributed by atoms with Crippen LogP contribution >= 0.6 is 12.4 Å². The molecule has 3 rings (SSSR count). The van der Waals surface area contributed by atoms with E-state index in [4.69, 9.17) is 0 Å². The normalized spacial score (nSPS) is 19.6. The van der Waals surface area contributed by atoms with Gasteiger partial charge in [-0.05, 0) is 49.9 Å². The number of carbonyl (C=O) groups is 1. The molecule has 1 aliphatic carbocycles. The number of aromatic nitrogens is 2. The molecular weight excluding hydrogens is 350 g/mol. The molecule has 0 atom stereocenters. The van der Waals surface area contributed by atoms with E-state index in [2.05, 4.69) is 20.6 Å². The van der Waals surface area contributed by atoms with Crippen molar-refractivity contribution >= 4 is 24.3 Å². The van der Waals surface area contributed by atoms with Gasteiger partial charge in [0.05, 0.1) is 0 Å². The summed E-state index contributed by atoms with van der Waals surface area (Å²) in [6.45, 7) is 0. The molecule has 25 heavy (non-hydrogen) atoms. The van der Waals surface area contributed by atoms with Gasteiger partial charge in [0.1, 0.15) is 0 Å². The minimum Gasteiger partial charge on any atom is -0.351 e. The summed E-state index contributed by atoms with van der Waals surface area (Å²) in [4.78, 5) is 20.4.